The van der Waals surface area contributed by atoms with Crippen molar-refractivity contribution < 1.29 is 19.2 Å². The predicted molar refractivity (Wildman–Crippen MR) is 179 cm³/mol. The average molecular weight is 628 g/mol. The molecule has 0 atom stereocenters. The second-order valence-corrected chi connectivity index (χ2v) is 12.1. The zero-order chi connectivity index (χ0) is 33.1. The molecule has 1 aromatic heterocycles. The van der Waals surface area contributed by atoms with Gasteiger partial charge in [-0.3, -0.25) is 24.1 Å². The lowest BCUT2D eigenvalue weighted by atomic mass is 9.78. The van der Waals surface area contributed by atoms with Crippen LogP contribution in [0.3, 0.4) is 0 Å². The topological polar surface area (TPSA) is 150 Å². The summed E-state index contributed by atoms with van der Waals surface area (Å²) in [7, 11) is 1.87. The van der Waals surface area contributed by atoms with Gasteiger partial charge in [-0.1, -0.05) is 50.2 Å². The quantitative estimate of drug-likeness (QED) is 0.215. The molecule has 0 unspecified atom stereocenters. The number of likely N-dealkylation sites (tertiary alicyclic amines) is 1. The van der Waals surface area contributed by atoms with Crippen LogP contribution in [0.2, 0.25) is 0 Å². The number of anilines is 2. The maximum atomic E-state index is 14.2. The number of benzene rings is 2. The van der Waals surface area contributed by atoms with E-state index < -0.39 is 11.3 Å². The van der Waals surface area contributed by atoms with Gasteiger partial charge in [-0.15, -0.1) is 0 Å². The van der Waals surface area contributed by atoms with Crippen LogP contribution in [0.5, 0.6) is 0 Å². The highest BCUT2D eigenvalue weighted by Crippen LogP contribution is 2.34. The summed E-state index contributed by atoms with van der Waals surface area (Å²) in [5.74, 6) is -0.554. The fourth-order valence-corrected chi connectivity index (χ4v) is 5.88. The van der Waals surface area contributed by atoms with Crippen LogP contribution in [0, 0.1) is 5.41 Å². The SMILES string of the molecule is CCc1ccc(NC(=O)CN(Cc2ccccc2CNC)C(=O)C2(C)CCN(CC(N)=O)CC2)cc1CC(=O)Nc1ccccn1. The van der Waals surface area contributed by atoms with Crippen LogP contribution < -0.4 is 21.7 Å². The zero-order valence-electron chi connectivity index (χ0n) is 27.0. The number of amides is 4. The number of carbonyl (C=O) groups excluding carboxylic acids is 4. The predicted octanol–water partition coefficient (Wildman–Crippen LogP) is 3.10. The summed E-state index contributed by atoms with van der Waals surface area (Å²) in [5.41, 5.74) is 9.07. The second kappa shape index (κ2) is 16.1. The van der Waals surface area contributed by atoms with E-state index in [4.69, 9.17) is 5.73 Å². The maximum absolute atomic E-state index is 14.2. The van der Waals surface area contributed by atoms with E-state index in [0.29, 0.717) is 44.0 Å². The molecular weight excluding hydrogens is 582 g/mol. The van der Waals surface area contributed by atoms with E-state index in [-0.39, 0.29) is 43.8 Å². The number of pyridine rings is 1. The molecule has 1 fully saturated rings. The van der Waals surface area contributed by atoms with Crippen molar-refractivity contribution in [3.8, 4) is 0 Å². The monoisotopic (exact) mass is 627 g/mol. The lowest BCUT2D eigenvalue weighted by Crippen LogP contribution is -2.51. The fourth-order valence-electron chi connectivity index (χ4n) is 5.88. The molecule has 3 aromatic rings. The summed E-state index contributed by atoms with van der Waals surface area (Å²) in [6.07, 6.45) is 3.57. The van der Waals surface area contributed by atoms with Crippen molar-refractivity contribution >= 4 is 35.1 Å². The number of aromatic nitrogens is 1. The normalized spacial score (nSPS) is 14.3. The van der Waals surface area contributed by atoms with Gasteiger partial charge in [-0.25, -0.2) is 4.98 Å². The molecule has 0 radical (unpaired) electrons. The van der Waals surface area contributed by atoms with Crippen LogP contribution >= 0.6 is 0 Å². The van der Waals surface area contributed by atoms with E-state index in [1.54, 1.807) is 29.3 Å². The number of nitrogens with zero attached hydrogens (tertiary/aromatic N) is 3. The lowest BCUT2D eigenvalue weighted by molar-refractivity contribution is -0.146. The number of nitrogens with two attached hydrogens (primary N) is 1. The van der Waals surface area contributed by atoms with Crippen molar-refractivity contribution in [1.29, 1.82) is 0 Å². The fraction of sp³-hybridized carbons (Fsp3) is 0.400. The van der Waals surface area contributed by atoms with Gasteiger partial charge in [0.25, 0.3) is 0 Å². The smallest absolute Gasteiger partial charge is 0.244 e. The molecule has 0 bridgehead atoms. The molecule has 244 valence electrons. The number of aryl methyl sites for hydroxylation is 1. The molecule has 4 amide bonds. The Kier molecular flexibility index (Phi) is 12.0. The summed E-state index contributed by atoms with van der Waals surface area (Å²) in [4.78, 5) is 59.7. The second-order valence-electron chi connectivity index (χ2n) is 12.1. The molecule has 1 saturated heterocycles. The van der Waals surface area contributed by atoms with E-state index in [1.165, 1.54) is 0 Å². The summed E-state index contributed by atoms with van der Waals surface area (Å²) in [6, 6.07) is 18.7. The molecule has 11 nitrogen and oxygen atoms in total. The number of hydrogen-bond donors (Lipinski definition) is 4. The van der Waals surface area contributed by atoms with Gasteiger partial charge >= 0.3 is 0 Å². The van der Waals surface area contributed by atoms with E-state index in [2.05, 4.69) is 20.9 Å². The van der Waals surface area contributed by atoms with E-state index >= 15 is 0 Å². The van der Waals surface area contributed by atoms with Gasteiger partial charge in [-0.2, -0.15) is 0 Å². The van der Waals surface area contributed by atoms with Gasteiger partial charge in [0.1, 0.15) is 12.4 Å². The van der Waals surface area contributed by atoms with Crippen LogP contribution in [0.25, 0.3) is 0 Å². The van der Waals surface area contributed by atoms with Crippen molar-refractivity contribution in [2.75, 3.05) is 43.9 Å². The Bertz CT molecular complexity index is 1520. The molecule has 0 saturated carbocycles. The van der Waals surface area contributed by atoms with Crippen molar-refractivity contribution in [2.24, 2.45) is 11.1 Å². The van der Waals surface area contributed by atoms with Crippen LogP contribution in [-0.4, -0.2) is 71.6 Å². The molecule has 0 aliphatic carbocycles. The standard InChI is InChI=1S/C35H45N7O4/c1-4-25-12-13-29(19-28(25)20-32(44)40-31-11-7-8-16-38-31)39-33(45)24-42(22-27-10-6-5-9-26(27)21-37-3)34(46)35(2)14-17-41(18-15-35)23-30(36)43/h5-13,16,19,37H,4,14-15,17-18,20-24H2,1-3H3,(H2,36,43)(H,39,45)(H,38,40,44). The van der Waals surface area contributed by atoms with Crippen LogP contribution in [-0.2, 0) is 45.1 Å². The highest BCUT2D eigenvalue weighted by atomic mass is 16.2. The molecule has 0 spiro atoms. The first-order chi connectivity index (χ1) is 22.1. The third-order valence-corrected chi connectivity index (χ3v) is 8.48. The minimum atomic E-state index is -0.691. The van der Waals surface area contributed by atoms with Gasteiger partial charge in [-0.05, 0) is 85.9 Å². The molecule has 1 aliphatic heterocycles. The van der Waals surface area contributed by atoms with Crippen LogP contribution in [0.4, 0.5) is 11.5 Å². The first-order valence-electron chi connectivity index (χ1n) is 15.7. The number of rotatable bonds is 14. The minimum Gasteiger partial charge on any atom is -0.369 e. The summed E-state index contributed by atoms with van der Waals surface area (Å²) in [5, 5.41) is 8.95. The van der Waals surface area contributed by atoms with E-state index in [1.807, 2.05) is 68.3 Å². The highest BCUT2D eigenvalue weighted by Gasteiger charge is 2.40. The molecule has 46 heavy (non-hydrogen) atoms. The first-order valence-corrected chi connectivity index (χ1v) is 15.7. The Morgan fingerprint density at radius 1 is 0.913 bits per heavy atom. The molecule has 2 heterocycles. The van der Waals surface area contributed by atoms with Crippen molar-refractivity contribution in [3.63, 3.8) is 0 Å². The number of carbonyl (C=O) groups is 4. The van der Waals surface area contributed by atoms with Crippen LogP contribution in [0.1, 0.15) is 48.9 Å². The molecule has 4 rings (SSSR count). The third-order valence-electron chi connectivity index (χ3n) is 8.48. The van der Waals surface area contributed by atoms with Gasteiger partial charge < -0.3 is 26.6 Å². The number of primary amides is 1. The molecule has 5 N–H and O–H groups in total. The van der Waals surface area contributed by atoms with Gasteiger partial charge in [0, 0.05) is 30.4 Å². The van der Waals surface area contributed by atoms with E-state index in [9.17, 15) is 19.2 Å². The largest absolute Gasteiger partial charge is 0.369 e. The number of hydrogen-bond acceptors (Lipinski definition) is 7. The van der Waals surface area contributed by atoms with Gasteiger partial charge in [0.2, 0.25) is 23.6 Å². The Morgan fingerprint density at radius 2 is 1.63 bits per heavy atom. The lowest BCUT2D eigenvalue weighted by Gasteiger charge is -2.40. The summed E-state index contributed by atoms with van der Waals surface area (Å²) in [6.45, 7) is 6.03. The Labute approximate surface area is 270 Å². The van der Waals surface area contributed by atoms with Crippen molar-refractivity contribution in [3.05, 3.63) is 89.1 Å². The molecular formula is C35H45N7O4. The van der Waals surface area contributed by atoms with Crippen molar-refractivity contribution in [1.82, 2.24) is 20.1 Å². The third kappa shape index (κ3) is 9.45. The molecule has 2 aromatic carbocycles. The first kappa shape index (κ1) is 34.3. The molecule has 11 heteroatoms. The van der Waals surface area contributed by atoms with Crippen molar-refractivity contribution in [2.45, 2.75) is 52.6 Å². The minimum absolute atomic E-state index is 0.103. The van der Waals surface area contributed by atoms with E-state index in [0.717, 1.165) is 28.7 Å². The molecule has 1 aliphatic rings. The zero-order valence-corrected chi connectivity index (χ0v) is 27.0. The average Bonchev–Trinajstić information content (AvgIpc) is 3.03. The number of piperidine rings is 1. The van der Waals surface area contributed by atoms with Gasteiger partial charge in [0.15, 0.2) is 0 Å². The summed E-state index contributed by atoms with van der Waals surface area (Å²) >= 11 is 0. The Balaban J connectivity index is 1.51. The van der Waals surface area contributed by atoms with Crippen LogP contribution in [0.15, 0.2) is 66.9 Å². The Morgan fingerprint density at radius 3 is 2.28 bits per heavy atom. The van der Waals surface area contributed by atoms with Gasteiger partial charge in [0.05, 0.1) is 13.0 Å². The Hall–Kier alpha value is -4.61. The number of nitrogens with one attached hydrogen (secondary N) is 3. The highest BCUT2D eigenvalue weighted by molar-refractivity contribution is 5.96. The maximum Gasteiger partial charge on any atom is 0.244 e. The summed E-state index contributed by atoms with van der Waals surface area (Å²) < 4.78 is 0.